The molecule has 6 atom stereocenters. The minimum atomic E-state index is -1.47. The van der Waals surface area contributed by atoms with Crippen LogP contribution in [-0.4, -0.2) is 123 Å². The molecule has 0 saturated carbocycles. The van der Waals surface area contributed by atoms with Crippen molar-refractivity contribution in [3.05, 3.63) is 29.8 Å². The molecule has 284 valence electrons. The number of guanidine groups is 1. The number of carbonyl (C=O) groups is 6. The van der Waals surface area contributed by atoms with Crippen molar-refractivity contribution in [1.29, 1.82) is 0 Å². The van der Waals surface area contributed by atoms with Gasteiger partial charge in [0.15, 0.2) is 5.96 Å². The van der Waals surface area contributed by atoms with Gasteiger partial charge in [0, 0.05) is 25.3 Å². The molecule has 13 N–H and O–H groups in total. The fourth-order valence-corrected chi connectivity index (χ4v) is 5.67. The Hall–Kier alpha value is -4.62. The summed E-state index contributed by atoms with van der Waals surface area (Å²) >= 11 is 4.20. The summed E-state index contributed by atoms with van der Waals surface area (Å²) in [5.74, 6) is -5.34. The molecule has 0 aromatic heterocycles. The lowest BCUT2D eigenvalue weighted by atomic mass is 10.0. The van der Waals surface area contributed by atoms with Gasteiger partial charge in [-0.1, -0.05) is 26.0 Å². The van der Waals surface area contributed by atoms with Gasteiger partial charge in [0.25, 0.3) is 0 Å². The molecule has 5 amide bonds. The lowest BCUT2D eigenvalue weighted by Gasteiger charge is -2.29. The minimum Gasteiger partial charge on any atom is -0.508 e. The number of likely N-dealkylation sites (tertiary alicyclic amines) is 1. The van der Waals surface area contributed by atoms with E-state index in [-0.39, 0.29) is 62.2 Å². The maximum Gasteiger partial charge on any atom is 0.326 e. The Balaban J connectivity index is 2.33. The van der Waals surface area contributed by atoms with Crippen LogP contribution in [0.2, 0.25) is 0 Å². The van der Waals surface area contributed by atoms with Crippen LogP contribution in [-0.2, 0) is 35.2 Å². The number of aliphatic imine (C=N–C) groups is 1. The van der Waals surface area contributed by atoms with E-state index in [0.717, 1.165) is 0 Å². The van der Waals surface area contributed by atoms with Crippen molar-refractivity contribution >= 4 is 54.1 Å². The molecular weight excluding hydrogens is 686 g/mol. The van der Waals surface area contributed by atoms with Gasteiger partial charge in [0.05, 0.1) is 12.6 Å². The van der Waals surface area contributed by atoms with Crippen molar-refractivity contribution in [2.45, 2.75) is 88.6 Å². The van der Waals surface area contributed by atoms with E-state index in [1.54, 1.807) is 0 Å². The predicted octanol–water partition coefficient (Wildman–Crippen LogP) is -2.70. The first-order chi connectivity index (χ1) is 24.1. The molecule has 18 nitrogen and oxygen atoms in total. The number of aliphatic carboxylic acids is 1. The molecule has 0 bridgehead atoms. The summed E-state index contributed by atoms with van der Waals surface area (Å²) < 4.78 is 0. The number of carbonyl (C=O) groups excluding carboxylic acids is 5. The molecule has 51 heavy (non-hydrogen) atoms. The fraction of sp³-hybridized carbons (Fsp3) is 0.594. The molecule has 19 heteroatoms. The molecule has 0 radical (unpaired) electrons. The number of benzene rings is 1. The largest absolute Gasteiger partial charge is 0.508 e. The Morgan fingerprint density at radius 1 is 0.922 bits per heavy atom. The number of hydrogen-bond acceptors (Lipinski definition) is 11. The van der Waals surface area contributed by atoms with E-state index in [1.807, 2.05) is 13.8 Å². The summed E-state index contributed by atoms with van der Waals surface area (Å²) in [5, 5.41) is 39.3. The van der Waals surface area contributed by atoms with Crippen LogP contribution >= 0.6 is 12.6 Å². The van der Waals surface area contributed by atoms with Crippen molar-refractivity contribution in [2.24, 2.45) is 28.1 Å². The zero-order valence-electron chi connectivity index (χ0n) is 28.8. The third-order valence-corrected chi connectivity index (χ3v) is 8.45. The van der Waals surface area contributed by atoms with Crippen molar-refractivity contribution < 1.29 is 44.1 Å². The van der Waals surface area contributed by atoms with Gasteiger partial charge in [-0.3, -0.25) is 29.0 Å². The number of aromatic hydroxyl groups is 1. The molecule has 6 unspecified atom stereocenters. The number of phenolic OH excluding ortho intramolecular Hbond substituents is 1. The van der Waals surface area contributed by atoms with Crippen molar-refractivity contribution in [1.82, 2.24) is 26.2 Å². The highest BCUT2D eigenvalue weighted by atomic mass is 32.1. The maximum absolute atomic E-state index is 13.8. The predicted molar refractivity (Wildman–Crippen MR) is 190 cm³/mol. The number of hydrogen-bond donors (Lipinski definition) is 11. The number of carboxylic acid groups (broad SMARTS) is 1. The highest BCUT2D eigenvalue weighted by Crippen LogP contribution is 2.19. The highest BCUT2D eigenvalue weighted by molar-refractivity contribution is 7.80. The van der Waals surface area contributed by atoms with Gasteiger partial charge in [-0.25, -0.2) is 4.79 Å². The number of nitrogens with two attached hydrogens (primary N) is 3. The highest BCUT2D eigenvalue weighted by Gasteiger charge is 2.38. The molecule has 1 aliphatic rings. The first kappa shape index (κ1) is 42.5. The van der Waals surface area contributed by atoms with Crippen LogP contribution < -0.4 is 38.5 Å². The fourth-order valence-electron chi connectivity index (χ4n) is 5.43. The molecule has 1 fully saturated rings. The van der Waals surface area contributed by atoms with Crippen LogP contribution in [0.3, 0.4) is 0 Å². The summed E-state index contributed by atoms with van der Waals surface area (Å²) in [4.78, 5) is 83.4. The van der Waals surface area contributed by atoms with Crippen LogP contribution in [0, 0.1) is 5.92 Å². The van der Waals surface area contributed by atoms with Gasteiger partial charge >= 0.3 is 5.97 Å². The van der Waals surface area contributed by atoms with Crippen molar-refractivity contribution in [3.63, 3.8) is 0 Å². The Kier molecular flexibility index (Phi) is 17.4. The standard InChI is InChI=1S/C32H51N9O9S/c1-17(2)13-20(33)26(44)39-23(15-42)29(47)38-22(14-18-7-9-19(43)10-8-18)28(46)37-21(5-3-11-36-32(34)35)27(45)40-24(16-51)30(48)41-12-4-6-25(41)31(49)50/h7-10,17,20-25,42-43,51H,3-6,11-16,33H2,1-2H3,(H,37,46)(H,38,47)(H,39,44)(H,40,45)(H,49,50)(H4,34,35,36). The second kappa shape index (κ2) is 20.9. The lowest BCUT2D eigenvalue weighted by molar-refractivity contribution is -0.149. The molecular formula is C32H51N9O9S. The normalized spacial score (nSPS) is 17.0. The van der Waals surface area contributed by atoms with Gasteiger partial charge < -0.3 is 58.7 Å². The molecule has 0 aliphatic carbocycles. The topological polar surface area (TPSA) is 305 Å². The Bertz CT molecular complexity index is 1390. The first-order valence-corrected chi connectivity index (χ1v) is 17.3. The number of nitrogens with zero attached hydrogens (tertiary/aromatic N) is 2. The summed E-state index contributed by atoms with van der Waals surface area (Å²) in [6, 6.07) is -1.55. The number of carboxylic acids is 1. The van der Waals surface area contributed by atoms with Crippen molar-refractivity contribution in [2.75, 3.05) is 25.4 Å². The third-order valence-electron chi connectivity index (χ3n) is 8.08. The number of thiol groups is 1. The number of phenols is 1. The maximum atomic E-state index is 13.8. The molecule has 2 rings (SSSR count). The SMILES string of the molecule is CC(C)CC(N)C(=O)NC(CO)C(=O)NC(Cc1ccc(O)cc1)C(=O)NC(CCCN=C(N)N)C(=O)NC(CS)C(=O)N1CCCC1C(=O)O. The Morgan fingerprint density at radius 2 is 1.49 bits per heavy atom. The monoisotopic (exact) mass is 737 g/mol. The second-order valence-corrected chi connectivity index (χ2v) is 13.1. The Labute approximate surface area is 301 Å². The first-order valence-electron chi connectivity index (χ1n) is 16.6. The zero-order chi connectivity index (χ0) is 38.2. The van der Waals surface area contributed by atoms with E-state index in [1.165, 1.54) is 29.2 Å². The Morgan fingerprint density at radius 3 is 2.06 bits per heavy atom. The van der Waals surface area contributed by atoms with E-state index in [4.69, 9.17) is 17.2 Å². The zero-order valence-corrected chi connectivity index (χ0v) is 29.7. The number of aliphatic hydroxyl groups excluding tert-OH is 1. The minimum absolute atomic E-state index is 0.0216. The summed E-state index contributed by atoms with van der Waals surface area (Å²) in [6.07, 6.45) is 1.10. The van der Waals surface area contributed by atoms with Gasteiger partial charge in [-0.05, 0) is 55.7 Å². The van der Waals surface area contributed by atoms with Crippen LogP contribution in [0.4, 0.5) is 0 Å². The number of amides is 5. The average molecular weight is 738 g/mol. The molecule has 1 saturated heterocycles. The van der Waals surface area contributed by atoms with Crippen LogP contribution in [0.15, 0.2) is 29.3 Å². The molecule has 0 spiro atoms. The van der Waals surface area contributed by atoms with E-state index >= 15 is 0 Å². The van der Waals surface area contributed by atoms with Crippen LogP contribution in [0.5, 0.6) is 5.75 Å². The quantitative estimate of drug-likeness (QED) is 0.0282. The summed E-state index contributed by atoms with van der Waals surface area (Å²) in [5.41, 5.74) is 17.3. The number of aliphatic hydroxyl groups is 1. The van der Waals surface area contributed by atoms with Crippen LogP contribution in [0.1, 0.15) is 51.5 Å². The second-order valence-electron chi connectivity index (χ2n) is 12.7. The number of nitrogens with one attached hydrogen (secondary N) is 4. The molecule has 1 aromatic carbocycles. The third kappa shape index (κ3) is 13.9. The van der Waals surface area contributed by atoms with Gasteiger partial charge in [-0.15, -0.1) is 0 Å². The van der Waals surface area contributed by atoms with Gasteiger partial charge in [0.2, 0.25) is 29.5 Å². The van der Waals surface area contributed by atoms with Crippen molar-refractivity contribution in [3.8, 4) is 5.75 Å². The smallest absolute Gasteiger partial charge is 0.326 e. The van der Waals surface area contributed by atoms with E-state index in [9.17, 15) is 44.1 Å². The molecule has 1 aromatic rings. The van der Waals surface area contributed by atoms with Gasteiger partial charge in [-0.2, -0.15) is 12.6 Å². The lowest BCUT2D eigenvalue weighted by Crippen LogP contribution is -2.60. The van der Waals surface area contributed by atoms with E-state index in [2.05, 4.69) is 38.9 Å². The average Bonchev–Trinajstić information content (AvgIpc) is 3.57. The van der Waals surface area contributed by atoms with E-state index in [0.29, 0.717) is 18.4 Å². The molecule has 1 heterocycles. The summed E-state index contributed by atoms with van der Waals surface area (Å²) in [6.45, 7) is 3.20. The molecule has 1 aliphatic heterocycles. The van der Waals surface area contributed by atoms with E-state index < -0.39 is 78.4 Å². The van der Waals surface area contributed by atoms with Gasteiger partial charge in [0.1, 0.15) is 36.0 Å². The summed E-state index contributed by atoms with van der Waals surface area (Å²) in [7, 11) is 0. The number of rotatable bonds is 20. The van der Waals surface area contributed by atoms with Crippen LogP contribution in [0.25, 0.3) is 0 Å².